The molecule has 0 radical (unpaired) electrons. The lowest BCUT2D eigenvalue weighted by molar-refractivity contribution is -0.119. The van der Waals surface area contributed by atoms with Gasteiger partial charge in [-0.25, -0.2) is 12.8 Å². The molecule has 172 valence electrons. The zero-order chi connectivity index (χ0) is 23.8. The highest BCUT2D eigenvalue weighted by molar-refractivity contribution is 7.89. The number of carbonyl (C=O) groups excluding carboxylic acids is 1. The highest BCUT2D eigenvalue weighted by atomic mass is 35.5. The molecule has 0 saturated carbocycles. The van der Waals surface area contributed by atoms with Crippen molar-refractivity contribution >= 4 is 33.2 Å². The molecule has 0 aromatic heterocycles. The minimum absolute atomic E-state index is 0.0255. The molecule has 0 fully saturated rings. The molecule has 0 bridgehead atoms. The lowest BCUT2D eigenvalue weighted by Gasteiger charge is -2.28. The summed E-state index contributed by atoms with van der Waals surface area (Å²) in [4.78, 5) is 15.1. The number of rotatable bonds is 6. The summed E-state index contributed by atoms with van der Waals surface area (Å²) in [6, 6.07) is 18.0. The molecule has 1 atom stereocenters. The van der Waals surface area contributed by atoms with Crippen molar-refractivity contribution in [2.75, 3.05) is 11.4 Å². The van der Waals surface area contributed by atoms with E-state index in [2.05, 4.69) is 0 Å². The highest BCUT2D eigenvalue weighted by Gasteiger charge is 2.35. The average molecular weight is 487 g/mol. The molecular formula is C25H24ClFN2O3S. The Morgan fingerprint density at radius 3 is 2.48 bits per heavy atom. The molecule has 1 aliphatic heterocycles. The number of aryl methyl sites for hydroxylation is 1. The lowest BCUT2D eigenvalue weighted by Crippen LogP contribution is -2.45. The number of para-hydroxylation sites is 1. The van der Waals surface area contributed by atoms with Crippen molar-refractivity contribution in [1.29, 1.82) is 0 Å². The van der Waals surface area contributed by atoms with Gasteiger partial charge in [-0.2, -0.15) is 4.31 Å². The van der Waals surface area contributed by atoms with Crippen molar-refractivity contribution in [1.82, 2.24) is 4.31 Å². The second-order valence-corrected chi connectivity index (χ2v) is 10.6. The second kappa shape index (κ2) is 9.25. The van der Waals surface area contributed by atoms with E-state index in [0.29, 0.717) is 6.42 Å². The maximum absolute atomic E-state index is 14.6. The molecular weight excluding hydrogens is 463 g/mol. The number of hydrogen-bond acceptors (Lipinski definition) is 3. The van der Waals surface area contributed by atoms with E-state index in [1.54, 1.807) is 17.0 Å². The average Bonchev–Trinajstić information content (AvgIpc) is 3.11. The lowest BCUT2D eigenvalue weighted by atomic mass is 10.1. The van der Waals surface area contributed by atoms with Crippen molar-refractivity contribution in [3.63, 3.8) is 0 Å². The Bertz CT molecular complexity index is 1280. The molecule has 0 spiro atoms. The quantitative estimate of drug-likeness (QED) is 0.495. The van der Waals surface area contributed by atoms with Gasteiger partial charge in [-0.05, 0) is 56.2 Å². The molecule has 1 amide bonds. The normalized spacial score (nSPS) is 15.7. The van der Waals surface area contributed by atoms with Crippen LogP contribution in [0.25, 0.3) is 0 Å². The van der Waals surface area contributed by atoms with Crippen LogP contribution in [0.4, 0.5) is 10.1 Å². The fourth-order valence-electron chi connectivity index (χ4n) is 4.12. The topological polar surface area (TPSA) is 57.7 Å². The molecule has 4 rings (SSSR count). The first-order valence-electron chi connectivity index (χ1n) is 10.6. The Hall–Kier alpha value is -2.74. The number of carbonyl (C=O) groups is 1. The van der Waals surface area contributed by atoms with E-state index in [4.69, 9.17) is 11.6 Å². The Morgan fingerprint density at radius 2 is 1.79 bits per heavy atom. The molecule has 5 nitrogen and oxygen atoms in total. The summed E-state index contributed by atoms with van der Waals surface area (Å²) in [5, 5.41) is 0.103. The van der Waals surface area contributed by atoms with Gasteiger partial charge in [0.2, 0.25) is 15.9 Å². The molecule has 33 heavy (non-hydrogen) atoms. The molecule has 8 heteroatoms. The van der Waals surface area contributed by atoms with Crippen molar-refractivity contribution in [3.05, 3.63) is 94.3 Å². The van der Waals surface area contributed by atoms with E-state index < -0.39 is 22.4 Å². The number of hydrogen-bond donors (Lipinski definition) is 0. The van der Waals surface area contributed by atoms with Crippen LogP contribution in [-0.2, 0) is 27.8 Å². The van der Waals surface area contributed by atoms with Crippen molar-refractivity contribution < 1.29 is 17.6 Å². The Labute approximate surface area is 198 Å². The molecule has 3 aromatic rings. The summed E-state index contributed by atoms with van der Waals surface area (Å²) in [6.07, 6.45) is 0.686. The third kappa shape index (κ3) is 4.67. The maximum atomic E-state index is 14.6. The second-order valence-electron chi connectivity index (χ2n) is 8.23. The van der Waals surface area contributed by atoms with Gasteiger partial charge in [-0.15, -0.1) is 0 Å². The monoisotopic (exact) mass is 486 g/mol. The fourth-order valence-corrected chi connectivity index (χ4v) is 5.70. The number of sulfonamides is 1. The van der Waals surface area contributed by atoms with Gasteiger partial charge in [0.05, 0.1) is 11.4 Å². The summed E-state index contributed by atoms with van der Waals surface area (Å²) in [5.74, 6) is -1.01. The number of amides is 1. The summed E-state index contributed by atoms with van der Waals surface area (Å²) in [5.41, 5.74) is 2.73. The van der Waals surface area contributed by atoms with Crippen LogP contribution in [0.1, 0.15) is 23.6 Å². The summed E-state index contributed by atoms with van der Waals surface area (Å²) in [6.45, 7) is 2.96. The van der Waals surface area contributed by atoms with Crippen LogP contribution in [0, 0.1) is 12.7 Å². The van der Waals surface area contributed by atoms with E-state index >= 15 is 0 Å². The van der Waals surface area contributed by atoms with Gasteiger partial charge in [0.25, 0.3) is 0 Å². The SMILES string of the molecule is Cc1ccc(S(=O)(=O)N(CC(=O)N2c3ccccc3C[C@@H]2C)Cc2c(F)cccc2Cl)cc1. The number of halogens is 2. The number of benzene rings is 3. The van der Waals surface area contributed by atoms with Crippen molar-refractivity contribution in [3.8, 4) is 0 Å². The number of fused-ring (bicyclic) bond motifs is 1. The van der Waals surface area contributed by atoms with Crippen LogP contribution in [0.5, 0.6) is 0 Å². The summed E-state index contributed by atoms with van der Waals surface area (Å²) in [7, 11) is -4.11. The Kier molecular flexibility index (Phi) is 6.56. The molecule has 0 saturated heterocycles. The van der Waals surface area contributed by atoms with Gasteiger partial charge in [-0.1, -0.05) is 53.6 Å². The van der Waals surface area contributed by atoms with Gasteiger partial charge in [0, 0.05) is 28.9 Å². The minimum Gasteiger partial charge on any atom is -0.308 e. The first-order valence-corrected chi connectivity index (χ1v) is 12.4. The van der Waals surface area contributed by atoms with Gasteiger partial charge < -0.3 is 4.90 Å². The third-order valence-corrected chi connectivity index (χ3v) is 8.00. The van der Waals surface area contributed by atoms with Crippen LogP contribution in [0.15, 0.2) is 71.6 Å². The predicted octanol–water partition coefficient (Wildman–Crippen LogP) is 4.96. The molecule has 1 heterocycles. The van der Waals surface area contributed by atoms with Crippen LogP contribution in [0.2, 0.25) is 5.02 Å². The first-order chi connectivity index (χ1) is 15.7. The van der Waals surface area contributed by atoms with Crippen LogP contribution >= 0.6 is 11.6 Å². The molecule has 0 N–H and O–H groups in total. The smallest absolute Gasteiger partial charge is 0.243 e. The van der Waals surface area contributed by atoms with Crippen molar-refractivity contribution in [2.45, 2.75) is 37.8 Å². The number of nitrogens with zero attached hydrogens (tertiary/aromatic N) is 2. The van der Waals surface area contributed by atoms with Crippen molar-refractivity contribution in [2.24, 2.45) is 0 Å². The van der Waals surface area contributed by atoms with Crippen LogP contribution in [-0.4, -0.2) is 31.2 Å². The molecule has 3 aromatic carbocycles. The minimum atomic E-state index is -4.11. The largest absolute Gasteiger partial charge is 0.308 e. The van der Waals surface area contributed by atoms with Crippen LogP contribution in [0.3, 0.4) is 0 Å². The summed E-state index contributed by atoms with van der Waals surface area (Å²) >= 11 is 6.19. The Morgan fingerprint density at radius 1 is 1.09 bits per heavy atom. The molecule has 0 unspecified atom stereocenters. The van der Waals surface area contributed by atoms with E-state index in [1.807, 2.05) is 38.1 Å². The van der Waals surface area contributed by atoms with E-state index in [0.717, 1.165) is 21.1 Å². The predicted molar refractivity (Wildman–Crippen MR) is 127 cm³/mol. The zero-order valence-electron chi connectivity index (χ0n) is 18.3. The first kappa shape index (κ1) is 23.4. The summed E-state index contributed by atoms with van der Waals surface area (Å²) < 4.78 is 42.6. The van der Waals surface area contributed by atoms with E-state index in [1.165, 1.54) is 30.3 Å². The number of anilines is 1. The fraction of sp³-hybridized carbons (Fsp3) is 0.240. The molecule has 0 aliphatic carbocycles. The Balaban J connectivity index is 1.71. The zero-order valence-corrected chi connectivity index (χ0v) is 19.9. The highest BCUT2D eigenvalue weighted by Crippen LogP contribution is 2.33. The van der Waals surface area contributed by atoms with Crippen LogP contribution < -0.4 is 4.90 Å². The van der Waals surface area contributed by atoms with E-state index in [9.17, 15) is 17.6 Å². The maximum Gasteiger partial charge on any atom is 0.243 e. The van der Waals surface area contributed by atoms with Gasteiger partial charge in [0.15, 0.2) is 0 Å². The van der Waals surface area contributed by atoms with Gasteiger partial charge in [-0.3, -0.25) is 4.79 Å². The molecule has 1 aliphatic rings. The van der Waals surface area contributed by atoms with Gasteiger partial charge >= 0.3 is 0 Å². The van der Waals surface area contributed by atoms with Gasteiger partial charge in [0.1, 0.15) is 5.82 Å². The van der Waals surface area contributed by atoms with E-state index in [-0.39, 0.29) is 34.0 Å². The standard InChI is InChI=1S/C25H24ClFN2O3S/c1-17-10-12-20(13-11-17)33(31,32)28(15-21-22(26)7-5-8-23(21)27)16-25(30)29-18(2)14-19-6-3-4-9-24(19)29/h3-13,18H,14-16H2,1-2H3/t18-/m0/s1. The third-order valence-electron chi connectivity index (χ3n) is 5.84.